The fourth-order valence-electron chi connectivity index (χ4n) is 1.76. The second kappa shape index (κ2) is 6.96. The first-order chi connectivity index (χ1) is 10.7. The van der Waals surface area contributed by atoms with Crippen molar-refractivity contribution in [3.05, 3.63) is 63.6 Å². The standard InChI is InChI=1S/C15H11Cl2N3OS/c16-10-6-11(17)8-13(7-10)21-9-14-19-20-15(22-14)18-12-4-2-1-3-5-12/h1-8H,9H2,(H,18,20). The molecule has 0 aliphatic heterocycles. The average molecular weight is 352 g/mol. The Kier molecular flexibility index (Phi) is 4.77. The first kappa shape index (κ1) is 15.1. The maximum atomic E-state index is 5.93. The van der Waals surface area contributed by atoms with Gasteiger partial charge in [-0.15, -0.1) is 10.2 Å². The van der Waals surface area contributed by atoms with Gasteiger partial charge in [-0.25, -0.2) is 0 Å². The molecular weight excluding hydrogens is 341 g/mol. The molecule has 0 spiro atoms. The molecule has 22 heavy (non-hydrogen) atoms. The zero-order chi connectivity index (χ0) is 15.4. The third-order valence-electron chi connectivity index (χ3n) is 2.69. The van der Waals surface area contributed by atoms with Crippen LogP contribution in [0.1, 0.15) is 5.01 Å². The molecule has 0 saturated carbocycles. The highest BCUT2D eigenvalue weighted by atomic mass is 35.5. The topological polar surface area (TPSA) is 47.0 Å². The van der Waals surface area contributed by atoms with E-state index in [1.807, 2.05) is 30.3 Å². The maximum Gasteiger partial charge on any atom is 0.210 e. The number of halogens is 2. The molecule has 1 heterocycles. The number of hydrogen-bond donors (Lipinski definition) is 1. The molecule has 0 unspecified atom stereocenters. The molecule has 3 rings (SSSR count). The van der Waals surface area contributed by atoms with Crippen molar-refractivity contribution in [2.75, 3.05) is 5.32 Å². The summed E-state index contributed by atoms with van der Waals surface area (Å²) in [7, 11) is 0. The maximum absolute atomic E-state index is 5.93. The molecule has 0 saturated heterocycles. The van der Waals surface area contributed by atoms with Gasteiger partial charge in [0.2, 0.25) is 5.13 Å². The van der Waals surface area contributed by atoms with E-state index in [1.165, 1.54) is 11.3 Å². The van der Waals surface area contributed by atoms with Crippen LogP contribution in [-0.2, 0) is 6.61 Å². The highest BCUT2D eigenvalue weighted by Crippen LogP contribution is 2.26. The second-order valence-corrected chi connectivity index (χ2v) is 6.32. The summed E-state index contributed by atoms with van der Waals surface area (Å²) in [6, 6.07) is 14.9. The van der Waals surface area contributed by atoms with E-state index < -0.39 is 0 Å². The number of nitrogens with one attached hydrogen (secondary N) is 1. The molecular formula is C15H11Cl2N3OS. The molecule has 7 heteroatoms. The molecule has 0 amide bonds. The summed E-state index contributed by atoms with van der Waals surface area (Å²) in [5, 5.41) is 13.9. The van der Waals surface area contributed by atoms with Gasteiger partial charge in [0.05, 0.1) is 0 Å². The fourth-order valence-corrected chi connectivity index (χ4v) is 2.94. The van der Waals surface area contributed by atoms with Crippen LogP contribution in [0, 0.1) is 0 Å². The first-order valence-corrected chi connectivity index (χ1v) is 7.99. The van der Waals surface area contributed by atoms with E-state index >= 15 is 0 Å². The van der Waals surface area contributed by atoms with Gasteiger partial charge in [0.15, 0.2) is 5.01 Å². The minimum atomic E-state index is 0.310. The molecule has 0 radical (unpaired) electrons. The first-order valence-electron chi connectivity index (χ1n) is 6.42. The van der Waals surface area contributed by atoms with Crippen molar-refractivity contribution in [3.8, 4) is 5.75 Å². The van der Waals surface area contributed by atoms with Crippen molar-refractivity contribution in [3.63, 3.8) is 0 Å². The Morgan fingerprint density at radius 1 is 1.00 bits per heavy atom. The molecule has 0 aliphatic carbocycles. The van der Waals surface area contributed by atoms with E-state index in [-0.39, 0.29) is 0 Å². The van der Waals surface area contributed by atoms with Crippen LogP contribution in [0.2, 0.25) is 10.0 Å². The van der Waals surface area contributed by atoms with Gasteiger partial charge in [-0.3, -0.25) is 0 Å². The Morgan fingerprint density at radius 2 is 1.73 bits per heavy atom. The monoisotopic (exact) mass is 351 g/mol. The van der Waals surface area contributed by atoms with Crippen molar-refractivity contribution < 1.29 is 4.74 Å². The molecule has 0 bridgehead atoms. The Labute approximate surface area is 141 Å². The minimum absolute atomic E-state index is 0.310. The van der Waals surface area contributed by atoms with Gasteiger partial charge in [-0.1, -0.05) is 52.7 Å². The summed E-state index contributed by atoms with van der Waals surface area (Å²) in [6.45, 7) is 0.310. The van der Waals surface area contributed by atoms with E-state index in [9.17, 15) is 0 Å². The van der Waals surface area contributed by atoms with Crippen molar-refractivity contribution >= 4 is 45.4 Å². The number of benzene rings is 2. The predicted octanol–water partition coefficient (Wildman–Crippen LogP) is 5.17. The van der Waals surface area contributed by atoms with Crippen LogP contribution in [0.15, 0.2) is 48.5 Å². The predicted molar refractivity (Wildman–Crippen MR) is 90.4 cm³/mol. The third kappa shape index (κ3) is 4.10. The van der Waals surface area contributed by atoms with Gasteiger partial charge >= 0.3 is 0 Å². The molecule has 0 atom stereocenters. The highest BCUT2D eigenvalue weighted by Gasteiger charge is 2.06. The van der Waals surface area contributed by atoms with Gasteiger partial charge < -0.3 is 10.1 Å². The Balaban J connectivity index is 1.62. The Hall–Kier alpha value is -1.82. The van der Waals surface area contributed by atoms with Crippen molar-refractivity contribution in [1.82, 2.24) is 10.2 Å². The van der Waals surface area contributed by atoms with Crippen molar-refractivity contribution in [2.24, 2.45) is 0 Å². The van der Waals surface area contributed by atoms with E-state index in [0.717, 1.165) is 10.7 Å². The zero-order valence-electron chi connectivity index (χ0n) is 11.3. The number of nitrogens with zero attached hydrogens (tertiary/aromatic N) is 2. The summed E-state index contributed by atoms with van der Waals surface area (Å²) < 4.78 is 5.63. The van der Waals surface area contributed by atoms with Gasteiger partial charge in [-0.2, -0.15) is 0 Å². The van der Waals surface area contributed by atoms with Gasteiger partial charge in [-0.05, 0) is 30.3 Å². The van der Waals surface area contributed by atoms with Gasteiger partial charge in [0.1, 0.15) is 12.4 Å². The lowest BCUT2D eigenvalue weighted by atomic mass is 10.3. The number of hydrogen-bond acceptors (Lipinski definition) is 5. The van der Waals surface area contributed by atoms with Crippen LogP contribution in [0.3, 0.4) is 0 Å². The summed E-state index contributed by atoms with van der Waals surface area (Å²) in [5.74, 6) is 0.602. The molecule has 4 nitrogen and oxygen atoms in total. The number of aromatic nitrogens is 2. The number of rotatable bonds is 5. The molecule has 2 aromatic carbocycles. The Morgan fingerprint density at radius 3 is 2.45 bits per heavy atom. The van der Waals surface area contributed by atoms with Gasteiger partial charge in [0.25, 0.3) is 0 Å². The second-order valence-electron chi connectivity index (χ2n) is 4.39. The van der Waals surface area contributed by atoms with Crippen LogP contribution < -0.4 is 10.1 Å². The molecule has 3 aromatic rings. The number of anilines is 2. The quantitative estimate of drug-likeness (QED) is 0.688. The molecule has 1 N–H and O–H groups in total. The molecule has 1 aromatic heterocycles. The lowest BCUT2D eigenvalue weighted by Crippen LogP contribution is -1.94. The molecule has 0 aliphatic rings. The van der Waals surface area contributed by atoms with Crippen molar-refractivity contribution in [1.29, 1.82) is 0 Å². The summed E-state index contributed by atoms with van der Waals surface area (Å²) >= 11 is 13.3. The molecule has 0 fully saturated rings. The van der Waals surface area contributed by atoms with Crippen LogP contribution in [-0.4, -0.2) is 10.2 Å². The van der Waals surface area contributed by atoms with Gasteiger partial charge in [0, 0.05) is 15.7 Å². The summed E-state index contributed by atoms with van der Waals surface area (Å²) in [5.41, 5.74) is 0.966. The zero-order valence-corrected chi connectivity index (χ0v) is 13.6. The van der Waals surface area contributed by atoms with E-state index in [4.69, 9.17) is 27.9 Å². The smallest absolute Gasteiger partial charge is 0.210 e. The lowest BCUT2D eigenvalue weighted by molar-refractivity contribution is 0.304. The normalized spacial score (nSPS) is 10.5. The summed E-state index contributed by atoms with van der Waals surface area (Å²) in [4.78, 5) is 0. The van der Waals surface area contributed by atoms with E-state index in [0.29, 0.717) is 27.5 Å². The third-order valence-corrected chi connectivity index (χ3v) is 3.94. The minimum Gasteiger partial charge on any atom is -0.486 e. The number of para-hydroxylation sites is 1. The average Bonchev–Trinajstić information content (AvgIpc) is 2.93. The van der Waals surface area contributed by atoms with Crippen LogP contribution in [0.5, 0.6) is 5.75 Å². The van der Waals surface area contributed by atoms with Crippen LogP contribution in [0.25, 0.3) is 0 Å². The fraction of sp³-hybridized carbons (Fsp3) is 0.0667. The van der Waals surface area contributed by atoms with E-state index in [2.05, 4.69) is 15.5 Å². The van der Waals surface area contributed by atoms with Crippen LogP contribution in [0.4, 0.5) is 10.8 Å². The van der Waals surface area contributed by atoms with E-state index in [1.54, 1.807) is 18.2 Å². The SMILES string of the molecule is Clc1cc(Cl)cc(OCc2nnc(Nc3ccccc3)s2)c1. The highest BCUT2D eigenvalue weighted by molar-refractivity contribution is 7.15. The number of ether oxygens (including phenoxy) is 1. The van der Waals surface area contributed by atoms with Crippen molar-refractivity contribution in [2.45, 2.75) is 6.61 Å². The molecule has 112 valence electrons. The lowest BCUT2D eigenvalue weighted by Gasteiger charge is -2.04. The summed E-state index contributed by atoms with van der Waals surface area (Å²) in [6.07, 6.45) is 0. The Bertz CT molecular complexity index is 744. The largest absolute Gasteiger partial charge is 0.486 e. The van der Waals surface area contributed by atoms with Crippen LogP contribution >= 0.6 is 34.5 Å².